The fourth-order valence-electron chi connectivity index (χ4n) is 4.07. The van der Waals surface area contributed by atoms with Crippen LogP contribution in [-0.4, -0.2) is 76.2 Å². The van der Waals surface area contributed by atoms with Crippen molar-refractivity contribution in [1.82, 2.24) is 16.0 Å². The Morgan fingerprint density at radius 3 is 2.27 bits per heavy atom. The number of aliphatic hydroxyl groups is 1. The smallest absolute Gasteiger partial charge is 0.405 e. The predicted molar refractivity (Wildman–Crippen MR) is 123 cm³/mol. The van der Waals surface area contributed by atoms with E-state index in [1.54, 1.807) is 24.3 Å². The number of ether oxygens (including phenoxy) is 1. The van der Waals surface area contributed by atoms with Gasteiger partial charge in [0.2, 0.25) is 5.91 Å². The molecule has 1 heterocycles. The zero-order chi connectivity index (χ0) is 28.1. The molecule has 15 heteroatoms. The van der Waals surface area contributed by atoms with Crippen LogP contribution in [-0.2, 0) is 20.7 Å². The highest BCUT2D eigenvalue weighted by Gasteiger charge is 2.52. The molecule has 6 atom stereocenters. The van der Waals surface area contributed by atoms with Crippen molar-refractivity contribution in [3.8, 4) is 5.75 Å². The van der Waals surface area contributed by atoms with E-state index in [0.29, 0.717) is 11.3 Å². The van der Waals surface area contributed by atoms with Gasteiger partial charge in [-0.05, 0) is 36.0 Å². The molecule has 0 saturated carbocycles. The van der Waals surface area contributed by atoms with Crippen molar-refractivity contribution in [3.05, 3.63) is 29.8 Å². The fraction of sp³-hybridized carbons (Fsp3) is 0.636. The van der Waals surface area contributed by atoms with Crippen LogP contribution in [0.15, 0.2) is 24.3 Å². The summed E-state index contributed by atoms with van der Waals surface area (Å²) in [6.07, 6.45) is -7.70. The number of alkyl halides is 5. The zero-order valence-electron chi connectivity index (χ0n) is 20.2. The van der Waals surface area contributed by atoms with E-state index in [2.05, 4.69) is 10.6 Å². The highest BCUT2D eigenvalue weighted by atomic mass is 32.2. The Morgan fingerprint density at radius 1 is 1.19 bits per heavy atom. The number of hydrogen-bond acceptors (Lipinski definition) is 6. The Morgan fingerprint density at radius 2 is 1.78 bits per heavy atom. The minimum absolute atomic E-state index is 0.0538. The number of methoxy groups -OCH3 is 1. The third kappa shape index (κ3) is 8.06. The maximum absolute atomic E-state index is 14.5. The summed E-state index contributed by atoms with van der Waals surface area (Å²) in [6.45, 7) is 0.878. The SMILES string of the molecule is COc1ccc(C([C@H]2CN[C@H](C(=O)N[C@@H](C(C)C)[C@@H](O)C(F)(F)C(=O)NCC(F)(F)F)C2)S(=O)O)cc1. The van der Waals surface area contributed by atoms with Gasteiger partial charge in [0.15, 0.2) is 11.1 Å². The van der Waals surface area contributed by atoms with Gasteiger partial charge in [-0.2, -0.15) is 22.0 Å². The van der Waals surface area contributed by atoms with Crippen LogP contribution in [0, 0.1) is 11.8 Å². The van der Waals surface area contributed by atoms with Crippen molar-refractivity contribution in [3.63, 3.8) is 0 Å². The normalized spacial score (nSPS) is 21.7. The van der Waals surface area contributed by atoms with Crippen LogP contribution in [0.5, 0.6) is 5.75 Å². The van der Waals surface area contributed by atoms with E-state index in [0.717, 1.165) is 5.32 Å². The number of rotatable bonds is 11. The summed E-state index contributed by atoms with van der Waals surface area (Å²) in [7, 11) is 1.47. The van der Waals surface area contributed by atoms with E-state index in [4.69, 9.17) is 4.74 Å². The third-order valence-electron chi connectivity index (χ3n) is 6.06. The Labute approximate surface area is 212 Å². The van der Waals surface area contributed by atoms with Crippen molar-refractivity contribution in [1.29, 1.82) is 0 Å². The van der Waals surface area contributed by atoms with E-state index >= 15 is 0 Å². The topological polar surface area (TPSA) is 137 Å². The first-order valence-corrected chi connectivity index (χ1v) is 12.4. The van der Waals surface area contributed by atoms with Crippen LogP contribution < -0.4 is 20.7 Å². The van der Waals surface area contributed by atoms with Crippen LogP contribution in [0.4, 0.5) is 22.0 Å². The Balaban J connectivity index is 2.10. The van der Waals surface area contributed by atoms with Gasteiger partial charge in [-0.15, -0.1) is 0 Å². The molecule has 5 N–H and O–H groups in total. The molecule has 1 saturated heterocycles. The lowest BCUT2D eigenvalue weighted by molar-refractivity contribution is -0.174. The number of hydrogen-bond donors (Lipinski definition) is 5. The van der Waals surface area contributed by atoms with Crippen LogP contribution >= 0.6 is 0 Å². The van der Waals surface area contributed by atoms with Gasteiger partial charge in [-0.1, -0.05) is 26.0 Å². The minimum Gasteiger partial charge on any atom is -0.497 e. The second kappa shape index (κ2) is 12.5. The summed E-state index contributed by atoms with van der Waals surface area (Å²) >= 11 is -2.31. The molecule has 2 amide bonds. The molecule has 2 rings (SSSR count). The number of amides is 2. The number of halogens is 5. The van der Waals surface area contributed by atoms with Crippen molar-refractivity contribution in [2.45, 2.75) is 55.8 Å². The molecule has 1 aliphatic rings. The average Bonchev–Trinajstić information content (AvgIpc) is 3.29. The fourth-order valence-corrected chi connectivity index (χ4v) is 5.00. The molecule has 1 aromatic rings. The van der Waals surface area contributed by atoms with Gasteiger partial charge in [0.1, 0.15) is 18.4 Å². The molecule has 1 aliphatic heterocycles. The van der Waals surface area contributed by atoms with Crippen LogP contribution in [0.3, 0.4) is 0 Å². The minimum atomic E-state index is -4.94. The lowest BCUT2D eigenvalue weighted by Crippen LogP contribution is -2.61. The highest BCUT2D eigenvalue weighted by molar-refractivity contribution is 7.79. The molecule has 37 heavy (non-hydrogen) atoms. The summed E-state index contributed by atoms with van der Waals surface area (Å²) in [6, 6.07) is 3.78. The first kappa shape index (κ1) is 30.9. The predicted octanol–water partition coefficient (Wildman–Crippen LogP) is 1.75. The standard InChI is InChI=1S/C22H30F5N3O6S/c1-11(2)16(18(31)22(26,27)20(33)29-10-21(23,24)25)30-19(32)15-8-13(9-28-15)17(37(34)35)12-4-6-14(36-3)7-5-12/h4-7,11,13,15-18,28,31H,8-10H2,1-3H3,(H,29,33)(H,30,32)(H,34,35)/t13-,15+,16+,17?,18-/m1/s1. The quantitative estimate of drug-likeness (QED) is 0.206. The van der Waals surface area contributed by atoms with Crippen molar-refractivity contribution >= 4 is 22.9 Å². The molecule has 9 nitrogen and oxygen atoms in total. The van der Waals surface area contributed by atoms with E-state index in [-0.39, 0.29) is 13.0 Å². The molecule has 0 aliphatic carbocycles. The number of aliphatic hydroxyl groups excluding tert-OH is 1. The lowest BCUT2D eigenvalue weighted by Gasteiger charge is -2.32. The van der Waals surface area contributed by atoms with Crippen LogP contribution in [0.1, 0.15) is 31.1 Å². The summed E-state index contributed by atoms with van der Waals surface area (Å²) in [4.78, 5) is 24.5. The number of carbonyl (C=O) groups excluding carboxylic acids is 2. The molecule has 2 unspecified atom stereocenters. The van der Waals surface area contributed by atoms with Gasteiger partial charge < -0.3 is 30.3 Å². The first-order chi connectivity index (χ1) is 17.1. The average molecular weight is 560 g/mol. The molecular weight excluding hydrogens is 529 g/mol. The lowest BCUT2D eigenvalue weighted by atomic mass is 9.92. The molecule has 0 radical (unpaired) electrons. The van der Waals surface area contributed by atoms with Crippen molar-refractivity contribution < 1.29 is 50.1 Å². The Kier molecular flexibility index (Phi) is 10.4. The van der Waals surface area contributed by atoms with E-state index in [9.17, 15) is 45.4 Å². The first-order valence-electron chi connectivity index (χ1n) is 11.3. The van der Waals surface area contributed by atoms with Gasteiger partial charge in [0.05, 0.1) is 24.4 Å². The van der Waals surface area contributed by atoms with Gasteiger partial charge in [0, 0.05) is 6.54 Å². The van der Waals surface area contributed by atoms with E-state index in [1.165, 1.54) is 21.0 Å². The summed E-state index contributed by atoms with van der Waals surface area (Å²) in [5.41, 5.74) is 0.523. The van der Waals surface area contributed by atoms with E-state index < -0.39 is 76.8 Å². The molecule has 0 bridgehead atoms. The Hall–Kier alpha value is -2.36. The van der Waals surface area contributed by atoms with Gasteiger partial charge in [-0.3, -0.25) is 9.59 Å². The summed E-state index contributed by atoms with van der Waals surface area (Å²) in [5.74, 6) is -8.57. The molecule has 0 spiro atoms. The molecular formula is C22H30F5N3O6S. The van der Waals surface area contributed by atoms with E-state index in [1.807, 2.05) is 0 Å². The maximum Gasteiger partial charge on any atom is 0.405 e. The molecule has 210 valence electrons. The number of nitrogens with one attached hydrogen (secondary N) is 3. The summed E-state index contributed by atoms with van der Waals surface area (Å²) in [5, 5.41) is 15.5. The second-order valence-electron chi connectivity index (χ2n) is 9.07. The van der Waals surface area contributed by atoms with Crippen LogP contribution in [0.25, 0.3) is 0 Å². The largest absolute Gasteiger partial charge is 0.497 e. The highest BCUT2D eigenvalue weighted by Crippen LogP contribution is 2.34. The van der Waals surface area contributed by atoms with Gasteiger partial charge >= 0.3 is 12.1 Å². The monoisotopic (exact) mass is 559 g/mol. The second-order valence-corrected chi connectivity index (χ2v) is 10.1. The zero-order valence-corrected chi connectivity index (χ0v) is 21.0. The third-order valence-corrected chi connectivity index (χ3v) is 7.15. The summed E-state index contributed by atoms with van der Waals surface area (Å²) < 4.78 is 92.8. The maximum atomic E-state index is 14.5. The number of carbonyl (C=O) groups is 2. The molecule has 0 aromatic heterocycles. The van der Waals surface area contributed by atoms with Crippen molar-refractivity contribution in [2.75, 3.05) is 20.2 Å². The van der Waals surface area contributed by atoms with Gasteiger partial charge in [0.25, 0.3) is 5.91 Å². The van der Waals surface area contributed by atoms with Gasteiger partial charge in [-0.25, -0.2) is 4.21 Å². The molecule has 1 aromatic carbocycles. The number of benzene rings is 1. The van der Waals surface area contributed by atoms with Crippen molar-refractivity contribution in [2.24, 2.45) is 11.8 Å². The Bertz CT molecular complexity index is 963. The van der Waals surface area contributed by atoms with Crippen LogP contribution in [0.2, 0.25) is 0 Å². The molecule has 1 fully saturated rings.